The molecule has 0 amide bonds. The van der Waals surface area contributed by atoms with Crippen molar-refractivity contribution in [2.75, 3.05) is 5.32 Å². The van der Waals surface area contributed by atoms with Gasteiger partial charge in [-0.3, -0.25) is 10.1 Å². The molecule has 0 aliphatic heterocycles. The fourth-order valence-corrected chi connectivity index (χ4v) is 1.96. The number of aryl methyl sites for hydroxylation is 2. The Kier molecular flexibility index (Phi) is 3.67. The Hall–Kier alpha value is -2.87. The Balaban J connectivity index is 2.44. The lowest BCUT2D eigenvalue weighted by atomic mass is 10.1. The molecule has 5 nitrogen and oxygen atoms in total. The second-order valence-corrected chi connectivity index (χ2v) is 4.49. The Labute approximate surface area is 116 Å². The first-order valence-electron chi connectivity index (χ1n) is 6.04. The molecule has 2 rings (SSSR count). The van der Waals surface area contributed by atoms with Gasteiger partial charge < -0.3 is 5.32 Å². The Bertz CT molecular complexity index is 718. The van der Waals surface area contributed by atoms with Gasteiger partial charge in [-0.05, 0) is 31.5 Å². The minimum atomic E-state index is -0.413. The zero-order valence-electron chi connectivity index (χ0n) is 11.2. The molecule has 0 aromatic heterocycles. The third-order valence-corrected chi connectivity index (χ3v) is 3.07. The van der Waals surface area contributed by atoms with Crippen molar-refractivity contribution in [3.05, 3.63) is 63.2 Å². The fourth-order valence-electron chi connectivity index (χ4n) is 1.96. The number of anilines is 2. The molecular weight excluding hydrogens is 254 g/mol. The summed E-state index contributed by atoms with van der Waals surface area (Å²) in [6, 6.07) is 12.4. The first kappa shape index (κ1) is 13.6. The summed E-state index contributed by atoms with van der Waals surface area (Å²) < 4.78 is 0. The minimum Gasteiger partial charge on any atom is -0.354 e. The van der Waals surface area contributed by atoms with Crippen molar-refractivity contribution < 1.29 is 4.92 Å². The summed E-state index contributed by atoms with van der Waals surface area (Å²) in [7, 11) is 0. The van der Waals surface area contributed by atoms with E-state index >= 15 is 0 Å². The van der Waals surface area contributed by atoms with Crippen LogP contribution < -0.4 is 5.32 Å². The van der Waals surface area contributed by atoms with E-state index < -0.39 is 4.92 Å². The van der Waals surface area contributed by atoms with Gasteiger partial charge in [0.15, 0.2) is 0 Å². The van der Waals surface area contributed by atoms with Crippen molar-refractivity contribution in [2.24, 2.45) is 0 Å². The first-order valence-corrected chi connectivity index (χ1v) is 6.04. The summed E-state index contributed by atoms with van der Waals surface area (Å²) in [5, 5.41) is 23.1. The molecule has 20 heavy (non-hydrogen) atoms. The maximum absolute atomic E-state index is 10.9. The Morgan fingerprint density at radius 2 is 1.95 bits per heavy atom. The molecule has 0 unspecified atom stereocenters. The van der Waals surface area contributed by atoms with E-state index in [0.717, 1.165) is 5.56 Å². The summed E-state index contributed by atoms with van der Waals surface area (Å²) in [5.74, 6) is 0. The number of rotatable bonds is 3. The van der Waals surface area contributed by atoms with Crippen molar-refractivity contribution in [1.29, 1.82) is 5.26 Å². The standard InChI is InChI=1S/C15H13N3O2/c1-10-6-7-13(8-14(10)18(19)20)17-15-11(2)4-3-5-12(15)9-16/h3-8,17H,1-2H3. The van der Waals surface area contributed by atoms with Crippen LogP contribution in [0.2, 0.25) is 0 Å². The van der Waals surface area contributed by atoms with Gasteiger partial charge in [-0.15, -0.1) is 0 Å². The van der Waals surface area contributed by atoms with Crippen molar-refractivity contribution >= 4 is 17.1 Å². The SMILES string of the molecule is Cc1ccc(Nc2c(C)cccc2C#N)cc1[N+](=O)[O-]. The van der Waals surface area contributed by atoms with Crippen LogP contribution in [0.3, 0.4) is 0 Å². The molecule has 0 aliphatic carbocycles. The smallest absolute Gasteiger partial charge is 0.274 e. The summed E-state index contributed by atoms with van der Waals surface area (Å²) in [5.41, 5.74) is 3.34. The first-order chi connectivity index (χ1) is 9.52. The van der Waals surface area contributed by atoms with Crippen molar-refractivity contribution in [2.45, 2.75) is 13.8 Å². The predicted octanol–water partition coefficient (Wildman–Crippen LogP) is 3.83. The maximum Gasteiger partial charge on any atom is 0.274 e. The second kappa shape index (κ2) is 5.41. The summed E-state index contributed by atoms with van der Waals surface area (Å²) >= 11 is 0. The lowest BCUT2D eigenvalue weighted by Gasteiger charge is -2.11. The van der Waals surface area contributed by atoms with Gasteiger partial charge in [0.05, 0.1) is 16.2 Å². The van der Waals surface area contributed by atoms with Gasteiger partial charge >= 0.3 is 0 Å². The van der Waals surface area contributed by atoms with Gasteiger partial charge in [0.25, 0.3) is 5.69 Å². The lowest BCUT2D eigenvalue weighted by Crippen LogP contribution is -1.98. The number of nitrogens with one attached hydrogen (secondary N) is 1. The van der Waals surface area contributed by atoms with E-state index in [-0.39, 0.29) is 5.69 Å². The second-order valence-electron chi connectivity index (χ2n) is 4.49. The van der Waals surface area contributed by atoms with Crippen LogP contribution in [0, 0.1) is 35.3 Å². The molecule has 1 N–H and O–H groups in total. The van der Waals surface area contributed by atoms with Gasteiger partial charge in [-0.25, -0.2) is 0 Å². The van der Waals surface area contributed by atoms with E-state index in [1.807, 2.05) is 13.0 Å². The molecule has 0 atom stereocenters. The van der Waals surface area contributed by atoms with Crippen LogP contribution in [0.5, 0.6) is 0 Å². The monoisotopic (exact) mass is 267 g/mol. The van der Waals surface area contributed by atoms with E-state index in [1.165, 1.54) is 6.07 Å². The molecule has 2 aromatic rings. The Morgan fingerprint density at radius 1 is 1.20 bits per heavy atom. The van der Waals surface area contributed by atoms with Crippen LogP contribution in [0.25, 0.3) is 0 Å². The molecule has 0 saturated heterocycles. The topological polar surface area (TPSA) is 79.0 Å². The Morgan fingerprint density at radius 3 is 2.60 bits per heavy atom. The molecule has 0 saturated carbocycles. The number of nitro benzene ring substituents is 1. The number of nitrogens with zero attached hydrogens (tertiary/aromatic N) is 2. The molecule has 5 heteroatoms. The molecule has 100 valence electrons. The fraction of sp³-hybridized carbons (Fsp3) is 0.133. The average molecular weight is 267 g/mol. The molecular formula is C15H13N3O2. The molecule has 0 aliphatic rings. The van der Waals surface area contributed by atoms with Gasteiger partial charge in [0, 0.05) is 17.3 Å². The van der Waals surface area contributed by atoms with Gasteiger partial charge in [0.2, 0.25) is 0 Å². The van der Waals surface area contributed by atoms with Crippen molar-refractivity contribution in [3.63, 3.8) is 0 Å². The van der Waals surface area contributed by atoms with Crippen LogP contribution in [0.4, 0.5) is 17.1 Å². The number of nitro groups is 1. The van der Waals surface area contributed by atoms with E-state index in [2.05, 4.69) is 11.4 Å². The van der Waals surface area contributed by atoms with Crippen LogP contribution in [-0.2, 0) is 0 Å². The van der Waals surface area contributed by atoms with Crippen LogP contribution in [0.15, 0.2) is 36.4 Å². The summed E-state index contributed by atoms with van der Waals surface area (Å²) in [6.07, 6.45) is 0. The van der Waals surface area contributed by atoms with Gasteiger partial charge in [-0.2, -0.15) is 5.26 Å². The highest BCUT2D eigenvalue weighted by Crippen LogP contribution is 2.28. The summed E-state index contributed by atoms with van der Waals surface area (Å²) in [6.45, 7) is 3.57. The number of hydrogen-bond donors (Lipinski definition) is 1. The van der Waals surface area contributed by atoms with E-state index in [1.54, 1.807) is 31.2 Å². The normalized spacial score (nSPS) is 9.85. The predicted molar refractivity (Wildman–Crippen MR) is 77.0 cm³/mol. The van der Waals surface area contributed by atoms with Crippen LogP contribution in [-0.4, -0.2) is 4.92 Å². The molecule has 0 heterocycles. The minimum absolute atomic E-state index is 0.0575. The summed E-state index contributed by atoms with van der Waals surface area (Å²) in [4.78, 5) is 10.5. The van der Waals surface area contributed by atoms with E-state index in [9.17, 15) is 10.1 Å². The highest BCUT2D eigenvalue weighted by Gasteiger charge is 2.12. The highest BCUT2D eigenvalue weighted by molar-refractivity contribution is 5.71. The van der Waals surface area contributed by atoms with Crippen LogP contribution >= 0.6 is 0 Å². The third-order valence-electron chi connectivity index (χ3n) is 3.07. The molecule has 0 radical (unpaired) electrons. The highest BCUT2D eigenvalue weighted by atomic mass is 16.6. The van der Waals surface area contributed by atoms with Crippen molar-refractivity contribution in [3.8, 4) is 6.07 Å². The molecule has 0 spiro atoms. The van der Waals surface area contributed by atoms with Gasteiger partial charge in [-0.1, -0.05) is 18.2 Å². The number of para-hydroxylation sites is 1. The molecule has 2 aromatic carbocycles. The largest absolute Gasteiger partial charge is 0.354 e. The molecule has 0 fully saturated rings. The third kappa shape index (κ3) is 2.59. The van der Waals surface area contributed by atoms with E-state index in [4.69, 9.17) is 5.26 Å². The zero-order chi connectivity index (χ0) is 14.7. The number of benzene rings is 2. The zero-order valence-corrected chi connectivity index (χ0v) is 11.2. The maximum atomic E-state index is 10.9. The lowest BCUT2D eigenvalue weighted by molar-refractivity contribution is -0.385. The van der Waals surface area contributed by atoms with E-state index in [0.29, 0.717) is 22.5 Å². The number of hydrogen-bond acceptors (Lipinski definition) is 4. The van der Waals surface area contributed by atoms with Crippen LogP contribution in [0.1, 0.15) is 16.7 Å². The quantitative estimate of drug-likeness (QED) is 0.677. The van der Waals surface area contributed by atoms with Gasteiger partial charge in [0.1, 0.15) is 6.07 Å². The average Bonchev–Trinajstić information content (AvgIpc) is 2.42. The number of nitriles is 1. The van der Waals surface area contributed by atoms with Crippen molar-refractivity contribution in [1.82, 2.24) is 0 Å². The molecule has 0 bridgehead atoms.